The highest BCUT2D eigenvalue weighted by atomic mass is 79.9. The predicted molar refractivity (Wildman–Crippen MR) is 74.1 cm³/mol. The third-order valence-electron chi connectivity index (χ3n) is 2.70. The molecule has 0 saturated heterocycles. The summed E-state index contributed by atoms with van der Waals surface area (Å²) in [5.41, 5.74) is 1.37. The summed E-state index contributed by atoms with van der Waals surface area (Å²) < 4.78 is 6.82. The molecule has 1 aromatic heterocycles. The van der Waals surface area contributed by atoms with Gasteiger partial charge in [0.25, 0.3) is 0 Å². The average molecular weight is 306 g/mol. The lowest BCUT2D eigenvalue weighted by Crippen LogP contribution is -2.40. The maximum atomic E-state index is 5.67. The van der Waals surface area contributed by atoms with Crippen LogP contribution < -0.4 is 5.32 Å². The quantitative estimate of drug-likeness (QED) is 0.913. The van der Waals surface area contributed by atoms with E-state index in [-0.39, 0.29) is 17.6 Å². The number of likely N-dealkylation sites (N-methyl/N-ethyl adjacent to an activating group) is 1. The van der Waals surface area contributed by atoms with Crippen LogP contribution >= 0.6 is 27.3 Å². The summed E-state index contributed by atoms with van der Waals surface area (Å²) in [6.07, 6.45) is 0.142. The zero-order valence-corrected chi connectivity index (χ0v) is 12.9. The van der Waals surface area contributed by atoms with E-state index in [2.05, 4.69) is 52.8 Å². The summed E-state index contributed by atoms with van der Waals surface area (Å²) in [5.74, 6) is 0. The molecule has 0 fully saturated rings. The standard InChI is InChI=1S/C12H20BrNOS/c1-12(2,3)11(15-5)10(14-4)8-6-16-7-9(8)13/h6-7,10-11,14H,1-5H3. The Morgan fingerprint density at radius 1 is 1.38 bits per heavy atom. The molecule has 1 aromatic rings. The number of thiophene rings is 1. The molecule has 0 saturated carbocycles. The molecule has 1 rings (SSSR count). The van der Waals surface area contributed by atoms with E-state index < -0.39 is 0 Å². The van der Waals surface area contributed by atoms with Gasteiger partial charge in [-0.25, -0.2) is 0 Å². The summed E-state index contributed by atoms with van der Waals surface area (Å²) >= 11 is 5.29. The Morgan fingerprint density at radius 2 is 2.00 bits per heavy atom. The molecule has 0 aliphatic carbocycles. The van der Waals surface area contributed by atoms with Crippen LogP contribution in [0.1, 0.15) is 32.4 Å². The Morgan fingerprint density at radius 3 is 2.31 bits per heavy atom. The Balaban J connectivity index is 3.02. The monoisotopic (exact) mass is 305 g/mol. The SMILES string of the molecule is CNC(c1cscc1Br)C(OC)C(C)(C)C. The third-order valence-corrected chi connectivity index (χ3v) is 4.45. The Bertz CT molecular complexity index is 332. The van der Waals surface area contributed by atoms with Gasteiger partial charge in [-0.15, -0.1) is 0 Å². The van der Waals surface area contributed by atoms with Gasteiger partial charge in [-0.05, 0) is 39.3 Å². The predicted octanol–water partition coefficient (Wildman–Crippen LogP) is 3.83. The molecule has 0 spiro atoms. The van der Waals surface area contributed by atoms with Gasteiger partial charge in [-0.1, -0.05) is 20.8 Å². The zero-order chi connectivity index (χ0) is 12.3. The van der Waals surface area contributed by atoms with Gasteiger partial charge in [0.15, 0.2) is 0 Å². The molecule has 1 heterocycles. The largest absolute Gasteiger partial charge is 0.379 e. The lowest BCUT2D eigenvalue weighted by molar-refractivity contribution is -0.0102. The van der Waals surface area contributed by atoms with Gasteiger partial charge in [0, 0.05) is 17.0 Å². The summed E-state index contributed by atoms with van der Waals surface area (Å²) in [6.45, 7) is 6.60. The van der Waals surface area contributed by atoms with E-state index in [1.807, 2.05) is 7.05 Å². The molecule has 2 unspecified atom stereocenters. The van der Waals surface area contributed by atoms with Crippen molar-refractivity contribution in [2.45, 2.75) is 32.9 Å². The number of nitrogens with one attached hydrogen (secondary N) is 1. The molecule has 0 aliphatic rings. The molecule has 2 atom stereocenters. The summed E-state index contributed by atoms with van der Waals surface area (Å²) in [5, 5.41) is 7.63. The number of halogens is 1. The first-order chi connectivity index (χ1) is 7.41. The molecule has 4 heteroatoms. The smallest absolute Gasteiger partial charge is 0.0814 e. The van der Waals surface area contributed by atoms with Gasteiger partial charge in [0.1, 0.15) is 0 Å². The molecule has 16 heavy (non-hydrogen) atoms. The highest BCUT2D eigenvalue weighted by Gasteiger charge is 2.33. The number of hydrogen-bond acceptors (Lipinski definition) is 3. The Hall–Kier alpha value is 0.1000. The summed E-state index contributed by atoms with van der Waals surface area (Å²) in [4.78, 5) is 0. The van der Waals surface area contributed by atoms with Gasteiger partial charge >= 0.3 is 0 Å². The van der Waals surface area contributed by atoms with Gasteiger partial charge in [0.2, 0.25) is 0 Å². The van der Waals surface area contributed by atoms with Crippen molar-refractivity contribution in [1.82, 2.24) is 5.32 Å². The van der Waals surface area contributed by atoms with Crippen molar-refractivity contribution >= 4 is 27.3 Å². The summed E-state index contributed by atoms with van der Waals surface area (Å²) in [6, 6.07) is 0.214. The van der Waals surface area contributed by atoms with Gasteiger partial charge < -0.3 is 10.1 Å². The van der Waals surface area contributed by atoms with Crippen molar-refractivity contribution in [2.24, 2.45) is 5.41 Å². The first-order valence-corrected chi connectivity index (χ1v) is 7.07. The number of ether oxygens (including phenoxy) is 1. The molecular formula is C12H20BrNOS. The van der Waals surface area contributed by atoms with Crippen LogP contribution in [0.25, 0.3) is 0 Å². The molecule has 2 nitrogen and oxygen atoms in total. The lowest BCUT2D eigenvalue weighted by Gasteiger charge is -2.35. The molecular weight excluding hydrogens is 286 g/mol. The van der Waals surface area contributed by atoms with E-state index in [9.17, 15) is 0 Å². The van der Waals surface area contributed by atoms with Crippen molar-refractivity contribution in [3.8, 4) is 0 Å². The van der Waals surface area contributed by atoms with Crippen molar-refractivity contribution in [2.75, 3.05) is 14.2 Å². The average Bonchev–Trinajstić information content (AvgIpc) is 2.58. The number of methoxy groups -OCH3 is 1. The molecule has 1 N–H and O–H groups in total. The van der Waals surface area contributed by atoms with Crippen LogP contribution in [0.3, 0.4) is 0 Å². The fourth-order valence-corrected chi connectivity index (χ4v) is 3.55. The molecule has 0 bridgehead atoms. The lowest BCUT2D eigenvalue weighted by atomic mass is 9.82. The van der Waals surface area contributed by atoms with Crippen molar-refractivity contribution in [3.05, 3.63) is 20.8 Å². The van der Waals surface area contributed by atoms with Crippen LogP contribution in [-0.4, -0.2) is 20.3 Å². The fourth-order valence-electron chi connectivity index (χ4n) is 1.97. The molecule has 0 aliphatic heterocycles. The Kier molecular flexibility index (Phi) is 4.98. The minimum Gasteiger partial charge on any atom is -0.379 e. The minimum atomic E-state index is 0.101. The zero-order valence-electron chi connectivity index (χ0n) is 10.5. The minimum absolute atomic E-state index is 0.101. The molecule has 0 radical (unpaired) electrons. The van der Waals surface area contributed by atoms with Crippen LogP contribution in [0.4, 0.5) is 0 Å². The van der Waals surface area contributed by atoms with E-state index >= 15 is 0 Å². The van der Waals surface area contributed by atoms with Crippen LogP contribution in [0.15, 0.2) is 15.2 Å². The van der Waals surface area contributed by atoms with Gasteiger partial charge in [-0.3, -0.25) is 0 Å². The van der Waals surface area contributed by atoms with E-state index in [1.165, 1.54) is 5.56 Å². The Labute approximate surface area is 111 Å². The van der Waals surface area contributed by atoms with E-state index in [4.69, 9.17) is 4.74 Å². The topological polar surface area (TPSA) is 21.3 Å². The second kappa shape index (κ2) is 5.63. The normalized spacial score (nSPS) is 16.1. The van der Waals surface area contributed by atoms with E-state index in [0.717, 1.165) is 4.47 Å². The number of rotatable bonds is 4. The number of hydrogen-bond donors (Lipinski definition) is 1. The first kappa shape index (κ1) is 14.2. The molecule has 0 amide bonds. The summed E-state index contributed by atoms with van der Waals surface area (Å²) in [7, 11) is 3.76. The van der Waals surface area contributed by atoms with E-state index in [1.54, 1.807) is 18.4 Å². The fraction of sp³-hybridized carbons (Fsp3) is 0.667. The third kappa shape index (κ3) is 3.06. The highest BCUT2D eigenvalue weighted by Crippen LogP contribution is 2.36. The second-order valence-corrected chi connectivity index (χ2v) is 6.56. The molecule has 92 valence electrons. The van der Waals surface area contributed by atoms with Gasteiger partial charge in [0.05, 0.1) is 12.1 Å². The van der Waals surface area contributed by atoms with Crippen LogP contribution in [0.2, 0.25) is 0 Å². The molecule has 0 aromatic carbocycles. The van der Waals surface area contributed by atoms with E-state index in [0.29, 0.717) is 0 Å². The first-order valence-electron chi connectivity index (χ1n) is 5.33. The van der Waals surface area contributed by atoms with Crippen LogP contribution in [-0.2, 0) is 4.74 Å². The maximum Gasteiger partial charge on any atom is 0.0814 e. The van der Waals surface area contributed by atoms with Crippen molar-refractivity contribution in [1.29, 1.82) is 0 Å². The van der Waals surface area contributed by atoms with Gasteiger partial charge in [-0.2, -0.15) is 11.3 Å². The van der Waals surface area contributed by atoms with Crippen LogP contribution in [0.5, 0.6) is 0 Å². The van der Waals surface area contributed by atoms with Crippen molar-refractivity contribution in [3.63, 3.8) is 0 Å². The van der Waals surface area contributed by atoms with Crippen LogP contribution in [0, 0.1) is 5.41 Å². The maximum absolute atomic E-state index is 5.67. The second-order valence-electron chi connectivity index (χ2n) is 4.96. The van der Waals surface area contributed by atoms with Crippen molar-refractivity contribution < 1.29 is 4.74 Å². The highest BCUT2D eigenvalue weighted by molar-refractivity contribution is 9.10.